The van der Waals surface area contributed by atoms with Crippen LogP contribution < -0.4 is 5.32 Å². The zero-order chi connectivity index (χ0) is 19.6. The minimum Gasteiger partial charge on any atom is -0.308 e. The summed E-state index contributed by atoms with van der Waals surface area (Å²) in [6, 6.07) is 12.2. The maximum Gasteiger partial charge on any atom is 0.243 e. The average Bonchev–Trinajstić information content (AvgIpc) is 3.24. The maximum atomic E-state index is 12.5. The zero-order valence-electron chi connectivity index (χ0n) is 15.2. The number of aromatic amines is 1. The highest BCUT2D eigenvalue weighted by molar-refractivity contribution is 7.89. The maximum absolute atomic E-state index is 12.5. The van der Waals surface area contributed by atoms with E-state index in [1.807, 2.05) is 26.0 Å². The van der Waals surface area contributed by atoms with E-state index in [-0.39, 0.29) is 11.4 Å². The first-order valence-corrected chi connectivity index (χ1v) is 10.5. The smallest absolute Gasteiger partial charge is 0.243 e. The third-order valence-corrected chi connectivity index (χ3v) is 6.80. The van der Waals surface area contributed by atoms with Crippen molar-refractivity contribution in [2.45, 2.75) is 18.7 Å². The fourth-order valence-corrected chi connectivity index (χ4v) is 4.41. The normalized spacial score (nSPS) is 11.7. The number of nitrogens with zero attached hydrogens (tertiary/aromatic N) is 2. The van der Waals surface area contributed by atoms with Gasteiger partial charge in [-0.25, -0.2) is 8.42 Å². The zero-order valence-corrected chi connectivity index (χ0v) is 16.8. The van der Waals surface area contributed by atoms with Gasteiger partial charge in [-0.05, 0) is 38.1 Å². The quantitative estimate of drug-likeness (QED) is 0.660. The summed E-state index contributed by atoms with van der Waals surface area (Å²) in [5, 5.41) is 9.55. The number of aromatic nitrogens is 2. The van der Waals surface area contributed by atoms with Gasteiger partial charge in [0.05, 0.1) is 22.0 Å². The van der Waals surface area contributed by atoms with Crippen molar-refractivity contribution in [3.63, 3.8) is 0 Å². The molecule has 0 bridgehead atoms. The van der Waals surface area contributed by atoms with Crippen LogP contribution in [0.3, 0.4) is 0 Å². The summed E-state index contributed by atoms with van der Waals surface area (Å²) >= 11 is 1.61. The topological polar surface area (TPSA) is 95.2 Å². The number of nitrogens with one attached hydrogen (secondary N) is 2. The van der Waals surface area contributed by atoms with Gasteiger partial charge in [0.1, 0.15) is 0 Å². The molecule has 7 nitrogen and oxygen atoms in total. The Morgan fingerprint density at radius 3 is 2.52 bits per heavy atom. The van der Waals surface area contributed by atoms with E-state index in [0.717, 1.165) is 20.4 Å². The number of likely N-dealkylation sites (N-methyl/N-ethyl adjacent to an activating group) is 1. The first-order chi connectivity index (χ1) is 12.8. The second-order valence-corrected chi connectivity index (χ2v) is 9.53. The molecule has 0 spiro atoms. The number of benzene rings is 1. The van der Waals surface area contributed by atoms with Gasteiger partial charge in [0.25, 0.3) is 0 Å². The molecule has 0 saturated carbocycles. The lowest BCUT2D eigenvalue weighted by molar-refractivity contribution is -0.116. The molecule has 0 aliphatic rings. The van der Waals surface area contributed by atoms with Crippen molar-refractivity contribution in [2.24, 2.45) is 0 Å². The van der Waals surface area contributed by atoms with Crippen molar-refractivity contribution in [2.75, 3.05) is 18.9 Å². The highest BCUT2D eigenvalue weighted by atomic mass is 32.2. The molecule has 2 N–H and O–H groups in total. The summed E-state index contributed by atoms with van der Waals surface area (Å²) in [6.07, 6.45) is 0. The Balaban J connectivity index is 1.65. The summed E-state index contributed by atoms with van der Waals surface area (Å²) < 4.78 is 26.1. The molecule has 3 rings (SSSR count). The van der Waals surface area contributed by atoms with Gasteiger partial charge >= 0.3 is 0 Å². The Morgan fingerprint density at radius 1 is 1.19 bits per heavy atom. The third-order valence-electron chi connectivity index (χ3n) is 3.95. The molecule has 0 unspecified atom stereocenters. The third kappa shape index (κ3) is 4.44. The van der Waals surface area contributed by atoms with E-state index in [4.69, 9.17) is 0 Å². The van der Waals surface area contributed by atoms with Crippen LogP contribution in [0.25, 0.3) is 10.6 Å². The van der Waals surface area contributed by atoms with Gasteiger partial charge in [0.2, 0.25) is 15.9 Å². The molecule has 2 aromatic heterocycles. The van der Waals surface area contributed by atoms with E-state index in [2.05, 4.69) is 15.5 Å². The molecule has 0 saturated heterocycles. The number of thiophene rings is 1. The van der Waals surface area contributed by atoms with Gasteiger partial charge in [0, 0.05) is 18.0 Å². The molecule has 9 heteroatoms. The second-order valence-electron chi connectivity index (χ2n) is 6.20. The molecule has 1 amide bonds. The highest BCUT2D eigenvalue weighted by Crippen LogP contribution is 2.27. The minimum absolute atomic E-state index is 0.151. The number of sulfonamides is 1. The fourth-order valence-electron chi connectivity index (χ4n) is 2.45. The Bertz CT molecular complexity index is 1050. The summed E-state index contributed by atoms with van der Waals surface area (Å²) in [6.45, 7) is 3.58. The van der Waals surface area contributed by atoms with Crippen LogP contribution in [-0.4, -0.2) is 42.4 Å². The van der Waals surface area contributed by atoms with E-state index in [0.29, 0.717) is 5.82 Å². The Labute approximate surface area is 162 Å². The SMILES string of the molecule is Cc1ccc(S(=O)(=O)N(C)CC(=O)Nc2cc(-c3ccc(C)s3)[nH]n2)cc1. The van der Waals surface area contributed by atoms with Crippen LogP contribution in [0, 0.1) is 13.8 Å². The average molecular weight is 405 g/mol. The van der Waals surface area contributed by atoms with Gasteiger partial charge in [-0.3, -0.25) is 9.89 Å². The van der Waals surface area contributed by atoms with Crippen molar-refractivity contribution >= 4 is 33.1 Å². The van der Waals surface area contributed by atoms with Crippen LogP contribution in [0.15, 0.2) is 47.4 Å². The van der Waals surface area contributed by atoms with E-state index >= 15 is 0 Å². The highest BCUT2D eigenvalue weighted by Gasteiger charge is 2.23. The Hall–Kier alpha value is -2.49. The van der Waals surface area contributed by atoms with Gasteiger partial charge < -0.3 is 5.32 Å². The fraction of sp³-hybridized carbons (Fsp3) is 0.222. The van der Waals surface area contributed by atoms with Crippen LogP contribution in [0.1, 0.15) is 10.4 Å². The van der Waals surface area contributed by atoms with E-state index < -0.39 is 15.9 Å². The number of aryl methyl sites for hydroxylation is 2. The van der Waals surface area contributed by atoms with Crippen LogP contribution in [-0.2, 0) is 14.8 Å². The number of amides is 1. The van der Waals surface area contributed by atoms with Gasteiger partial charge in [-0.1, -0.05) is 17.7 Å². The van der Waals surface area contributed by atoms with Crippen LogP contribution in [0.4, 0.5) is 5.82 Å². The predicted octanol–water partition coefficient (Wildman–Crippen LogP) is 3.01. The predicted molar refractivity (Wildman–Crippen MR) is 106 cm³/mol. The summed E-state index contributed by atoms with van der Waals surface area (Å²) in [5.74, 6) is -0.115. The van der Waals surface area contributed by atoms with Gasteiger partial charge in [-0.2, -0.15) is 9.40 Å². The summed E-state index contributed by atoms with van der Waals surface area (Å²) in [7, 11) is -2.36. The lowest BCUT2D eigenvalue weighted by Crippen LogP contribution is -2.35. The second kappa shape index (κ2) is 7.63. The molecule has 142 valence electrons. The largest absolute Gasteiger partial charge is 0.308 e. The van der Waals surface area contributed by atoms with Crippen LogP contribution in [0.2, 0.25) is 0 Å². The molecule has 0 aliphatic heterocycles. The first kappa shape index (κ1) is 19.3. The molecular formula is C18H20N4O3S2. The molecule has 0 fully saturated rings. The van der Waals surface area contributed by atoms with E-state index in [1.54, 1.807) is 29.5 Å². The number of hydrogen-bond donors (Lipinski definition) is 2. The number of H-pyrrole nitrogens is 1. The Morgan fingerprint density at radius 2 is 1.89 bits per heavy atom. The Kier molecular flexibility index (Phi) is 5.45. The van der Waals surface area contributed by atoms with Crippen molar-refractivity contribution in [1.29, 1.82) is 0 Å². The molecule has 1 aromatic carbocycles. The summed E-state index contributed by atoms with van der Waals surface area (Å²) in [4.78, 5) is 14.6. The lowest BCUT2D eigenvalue weighted by Gasteiger charge is -2.16. The first-order valence-electron chi connectivity index (χ1n) is 8.21. The molecule has 0 atom stereocenters. The molecule has 0 aliphatic carbocycles. The lowest BCUT2D eigenvalue weighted by atomic mass is 10.2. The number of carbonyl (C=O) groups excluding carboxylic acids is 1. The monoisotopic (exact) mass is 404 g/mol. The molecule has 27 heavy (non-hydrogen) atoms. The van der Waals surface area contributed by atoms with Crippen LogP contribution >= 0.6 is 11.3 Å². The van der Waals surface area contributed by atoms with Crippen molar-refractivity contribution in [1.82, 2.24) is 14.5 Å². The van der Waals surface area contributed by atoms with Crippen molar-refractivity contribution < 1.29 is 13.2 Å². The molecular weight excluding hydrogens is 384 g/mol. The van der Waals surface area contributed by atoms with Gasteiger partial charge in [-0.15, -0.1) is 11.3 Å². The summed E-state index contributed by atoms with van der Waals surface area (Å²) in [5.41, 5.74) is 1.76. The van der Waals surface area contributed by atoms with Crippen LogP contribution in [0.5, 0.6) is 0 Å². The molecule has 3 aromatic rings. The number of hydrogen-bond acceptors (Lipinski definition) is 5. The number of carbonyl (C=O) groups is 1. The van der Waals surface area contributed by atoms with E-state index in [1.165, 1.54) is 24.1 Å². The van der Waals surface area contributed by atoms with Crippen molar-refractivity contribution in [3.05, 3.63) is 52.9 Å². The number of rotatable bonds is 6. The van der Waals surface area contributed by atoms with Gasteiger partial charge in [0.15, 0.2) is 5.82 Å². The number of anilines is 1. The standard InChI is InChI=1S/C18H20N4O3S2/c1-12-4-7-14(8-5-12)27(24,25)22(3)11-18(23)19-17-10-15(20-21-17)16-9-6-13(2)26-16/h4-10H,11H2,1-3H3,(H2,19,20,21,23). The van der Waals surface area contributed by atoms with E-state index in [9.17, 15) is 13.2 Å². The molecule has 2 heterocycles. The molecule has 0 radical (unpaired) electrons. The van der Waals surface area contributed by atoms with Crippen molar-refractivity contribution in [3.8, 4) is 10.6 Å². The minimum atomic E-state index is -3.73.